The normalized spacial score (nSPS) is 22.9. The molecule has 0 bridgehead atoms. The number of rotatable bonds is 5. The lowest BCUT2D eigenvalue weighted by Crippen LogP contribution is -2.46. The first-order chi connectivity index (χ1) is 19.2. The van der Waals surface area contributed by atoms with E-state index in [9.17, 15) is 5.11 Å². The van der Waals surface area contributed by atoms with Crippen molar-refractivity contribution in [3.05, 3.63) is 35.4 Å². The number of pyridine rings is 1. The number of fused-ring (bicyclic) bond motifs is 3. The van der Waals surface area contributed by atoms with Crippen LogP contribution in [0.3, 0.4) is 0 Å². The molecule has 10 heteroatoms. The highest BCUT2D eigenvalue weighted by molar-refractivity contribution is 7.13. The second-order valence-corrected chi connectivity index (χ2v) is 13.0. The van der Waals surface area contributed by atoms with E-state index in [1.165, 1.54) is 24.4 Å². The van der Waals surface area contributed by atoms with E-state index in [-0.39, 0.29) is 22.8 Å². The molecule has 0 radical (unpaired) electrons. The van der Waals surface area contributed by atoms with E-state index in [1.54, 1.807) is 12.4 Å². The van der Waals surface area contributed by atoms with Gasteiger partial charge in [0, 0.05) is 36.4 Å². The van der Waals surface area contributed by atoms with Crippen LogP contribution in [0.15, 0.2) is 18.5 Å². The van der Waals surface area contributed by atoms with Gasteiger partial charge < -0.3 is 14.7 Å². The van der Waals surface area contributed by atoms with Crippen molar-refractivity contribution in [1.29, 1.82) is 0 Å². The number of piperidine rings is 1. The van der Waals surface area contributed by atoms with Crippen molar-refractivity contribution in [2.75, 3.05) is 37.7 Å². The number of halogens is 1. The Labute approximate surface area is 237 Å². The number of nitrogens with zero attached hydrogens (tertiary/aromatic N) is 6. The number of anilines is 1. The number of ether oxygens (including phenoxy) is 1. The van der Waals surface area contributed by atoms with Gasteiger partial charge in [-0.05, 0) is 101 Å². The highest BCUT2D eigenvalue weighted by atomic mass is 32.1. The number of aliphatic hydroxyl groups is 1. The standard InChI is InChI=1S/C30H35FN6O2S/c1-18-13-22-20(15-33-40-22)23(19(18)2)26-24(31)25-21(14-32-26)27(36-10-4-7-29(3,38)16-36)35-28(34-25)39-17-30-8-5-11-37(30)12-6-9-30/h13-15,38H,4-12,16-17H2,1-3H3/t29-/m1/s1. The molecule has 0 saturated carbocycles. The van der Waals surface area contributed by atoms with Gasteiger partial charge in [-0.15, -0.1) is 0 Å². The van der Waals surface area contributed by atoms with Gasteiger partial charge in [0.1, 0.15) is 23.6 Å². The van der Waals surface area contributed by atoms with E-state index < -0.39 is 11.4 Å². The molecule has 3 aliphatic heterocycles. The number of aromatic nitrogens is 4. The maximum atomic E-state index is 16.6. The summed E-state index contributed by atoms with van der Waals surface area (Å²) in [6.07, 6.45) is 9.52. The third-order valence-corrected chi connectivity index (χ3v) is 10.1. The van der Waals surface area contributed by atoms with E-state index >= 15 is 4.39 Å². The van der Waals surface area contributed by atoms with Crippen LogP contribution in [0.2, 0.25) is 0 Å². The summed E-state index contributed by atoms with van der Waals surface area (Å²) in [4.78, 5) is 18.7. The maximum absolute atomic E-state index is 16.6. The molecule has 1 aromatic carbocycles. The molecule has 3 saturated heterocycles. The van der Waals surface area contributed by atoms with Crippen LogP contribution in [0.25, 0.3) is 32.2 Å². The summed E-state index contributed by atoms with van der Waals surface area (Å²) in [7, 11) is 0. The lowest BCUT2D eigenvalue weighted by molar-refractivity contribution is 0.0447. The van der Waals surface area contributed by atoms with Gasteiger partial charge in [0.05, 0.1) is 21.2 Å². The lowest BCUT2D eigenvalue weighted by Gasteiger charge is -2.38. The van der Waals surface area contributed by atoms with Crippen LogP contribution in [-0.4, -0.2) is 73.3 Å². The first-order valence-corrected chi connectivity index (χ1v) is 15.1. The first kappa shape index (κ1) is 26.0. The number of aryl methyl sites for hydroxylation is 1. The second kappa shape index (κ2) is 9.56. The van der Waals surface area contributed by atoms with Crippen LogP contribution < -0.4 is 9.64 Å². The number of hydrogen-bond donors (Lipinski definition) is 1. The summed E-state index contributed by atoms with van der Waals surface area (Å²) in [6.45, 7) is 9.66. The average molecular weight is 563 g/mol. The molecule has 210 valence electrons. The molecule has 0 unspecified atom stereocenters. The number of hydrogen-bond acceptors (Lipinski definition) is 9. The van der Waals surface area contributed by atoms with Crippen molar-refractivity contribution in [2.45, 2.75) is 70.4 Å². The Bertz CT molecular complexity index is 1610. The van der Waals surface area contributed by atoms with Crippen molar-refractivity contribution < 1.29 is 14.2 Å². The fraction of sp³-hybridized carbons (Fsp3) is 0.533. The average Bonchev–Trinajstić information content (AvgIpc) is 3.64. The molecule has 3 aromatic heterocycles. The highest BCUT2D eigenvalue weighted by Crippen LogP contribution is 2.41. The van der Waals surface area contributed by atoms with E-state index in [0.717, 1.165) is 59.1 Å². The van der Waals surface area contributed by atoms with Crippen molar-refractivity contribution in [1.82, 2.24) is 24.2 Å². The van der Waals surface area contributed by atoms with Gasteiger partial charge in [-0.25, -0.2) is 4.39 Å². The molecule has 40 heavy (non-hydrogen) atoms. The predicted octanol–water partition coefficient (Wildman–Crippen LogP) is 5.42. The van der Waals surface area contributed by atoms with Gasteiger partial charge >= 0.3 is 6.01 Å². The molecule has 4 aromatic rings. The Balaban J connectivity index is 1.37. The van der Waals surface area contributed by atoms with E-state index in [4.69, 9.17) is 9.72 Å². The minimum Gasteiger partial charge on any atom is -0.461 e. The van der Waals surface area contributed by atoms with Crippen LogP contribution in [0.1, 0.15) is 56.6 Å². The molecule has 8 nitrogen and oxygen atoms in total. The van der Waals surface area contributed by atoms with Gasteiger partial charge in [0.15, 0.2) is 5.82 Å². The van der Waals surface area contributed by atoms with Crippen LogP contribution in [0, 0.1) is 19.7 Å². The maximum Gasteiger partial charge on any atom is 0.319 e. The van der Waals surface area contributed by atoms with Crippen molar-refractivity contribution in [3.8, 4) is 17.3 Å². The quantitative estimate of drug-likeness (QED) is 0.345. The topological polar surface area (TPSA) is 87.5 Å². The van der Waals surface area contributed by atoms with E-state index in [0.29, 0.717) is 37.3 Å². The Morgan fingerprint density at radius 1 is 1.05 bits per heavy atom. The molecule has 1 atom stereocenters. The molecule has 1 N–H and O–H groups in total. The number of β-amino-alcohol motifs (C(OH)–C–C–N with tert-alkyl or cyclic N) is 1. The third-order valence-electron chi connectivity index (χ3n) is 9.32. The molecule has 3 fully saturated rings. The Morgan fingerprint density at radius 3 is 2.60 bits per heavy atom. The fourth-order valence-electron chi connectivity index (χ4n) is 7.11. The van der Waals surface area contributed by atoms with Crippen molar-refractivity contribution >= 4 is 38.3 Å². The molecule has 0 spiro atoms. The molecule has 0 aliphatic carbocycles. The summed E-state index contributed by atoms with van der Waals surface area (Å²) < 4.78 is 28.3. The summed E-state index contributed by atoms with van der Waals surface area (Å²) in [6, 6.07) is 2.27. The summed E-state index contributed by atoms with van der Waals surface area (Å²) >= 11 is 1.40. The van der Waals surface area contributed by atoms with Gasteiger partial charge in [-0.2, -0.15) is 14.3 Å². The predicted molar refractivity (Wildman–Crippen MR) is 156 cm³/mol. The van der Waals surface area contributed by atoms with E-state index in [1.807, 2.05) is 25.7 Å². The molecule has 6 heterocycles. The zero-order valence-electron chi connectivity index (χ0n) is 23.3. The molecule has 3 aliphatic rings. The molecule has 7 rings (SSSR count). The zero-order valence-corrected chi connectivity index (χ0v) is 24.2. The van der Waals surface area contributed by atoms with Crippen molar-refractivity contribution in [2.24, 2.45) is 0 Å². The van der Waals surface area contributed by atoms with Gasteiger partial charge in [0.2, 0.25) is 0 Å². The first-order valence-electron chi connectivity index (χ1n) is 14.3. The van der Waals surface area contributed by atoms with Crippen LogP contribution in [0.5, 0.6) is 6.01 Å². The zero-order chi connectivity index (χ0) is 27.6. The van der Waals surface area contributed by atoms with Crippen LogP contribution in [-0.2, 0) is 0 Å². The summed E-state index contributed by atoms with van der Waals surface area (Å²) in [5.41, 5.74) is 2.40. The Hall–Kier alpha value is -2.95. The monoisotopic (exact) mass is 562 g/mol. The van der Waals surface area contributed by atoms with Gasteiger partial charge in [0.25, 0.3) is 0 Å². The van der Waals surface area contributed by atoms with Gasteiger partial charge in [-0.1, -0.05) is 0 Å². The van der Waals surface area contributed by atoms with Crippen molar-refractivity contribution in [3.63, 3.8) is 0 Å². The highest BCUT2D eigenvalue weighted by Gasteiger charge is 2.45. The van der Waals surface area contributed by atoms with Crippen LogP contribution >= 0.6 is 11.5 Å². The second-order valence-electron chi connectivity index (χ2n) is 12.2. The summed E-state index contributed by atoms with van der Waals surface area (Å²) in [5.74, 6) is 0.0749. The Morgan fingerprint density at radius 2 is 1.82 bits per heavy atom. The summed E-state index contributed by atoms with van der Waals surface area (Å²) in [5, 5.41) is 12.3. The fourth-order valence-corrected chi connectivity index (χ4v) is 7.87. The SMILES string of the molecule is Cc1cc2sncc2c(-c2ncc3c(N4CCC[C@@](C)(O)C4)nc(OCC45CCCN4CCC5)nc3c2F)c1C. The minimum absolute atomic E-state index is 0.0193. The Kier molecular flexibility index (Phi) is 6.21. The lowest BCUT2D eigenvalue weighted by atomic mass is 9.95. The molecular weight excluding hydrogens is 527 g/mol. The van der Waals surface area contributed by atoms with Crippen LogP contribution in [0.4, 0.5) is 10.2 Å². The van der Waals surface area contributed by atoms with E-state index in [2.05, 4.69) is 25.3 Å². The molecule has 0 amide bonds. The smallest absolute Gasteiger partial charge is 0.319 e. The molecular formula is C30H35FN6O2S. The largest absolute Gasteiger partial charge is 0.461 e. The van der Waals surface area contributed by atoms with Gasteiger partial charge in [-0.3, -0.25) is 9.88 Å². The number of benzene rings is 1. The third kappa shape index (κ3) is 4.23. The minimum atomic E-state index is -0.855.